The molecule has 0 radical (unpaired) electrons. The van der Waals surface area contributed by atoms with Gasteiger partial charge in [-0.3, -0.25) is 4.79 Å². The number of hydrogen-bond donors (Lipinski definition) is 1. The maximum atomic E-state index is 13.1. The smallest absolute Gasteiger partial charge is 0.293 e. The molecule has 1 saturated heterocycles. The van der Waals surface area contributed by atoms with Crippen molar-refractivity contribution < 1.29 is 9.21 Å². The van der Waals surface area contributed by atoms with Crippen LogP contribution in [0.3, 0.4) is 0 Å². The Hall–Kier alpha value is -2.41. The van der Waals surface area contributed by atoms with Crippen molar-refractivity contribution in [3.8, 4) is 0 Å². The summed E-state index contributed by atoms with van der Waals surface area (Å²) in [5.41, 5.74) is 8.61. The Morgan fingerprint density at radius 2 is 2.19 bits per heavy atom. The molecule has 0 spiro atoms. The Morgan fingerprint density at radius 1 is 1.27 bits per heavy atom. The number of anilines is 1. The number of amides is 1. The van der Waals surface area contributed by atoms with Gasteiger partial charge in [-0.05, 0) is 44.2 Å². The van der Waals surface area contributed by atoms with Gasteiger partial charge in [0.05, 0.1) is 16.3 Å². The van der Waals surface area contributed by atoms with Crippen LogP contribution in [0.2, 0.25) is 0 Å². The van der Waals surface area contributed by atoms with E-state index < -0.39 is 0 Å². The molecule has 1 atom stereocenters. The van der Waals surface area contributed by atoms with Crippen LogP contribution in [0.5, 0.6) is 0 Å². The number of thiazole rings is 1. The predicted molar refractivity (Wildman–Crippen MR) is 100 cm³/mol. The van der Waals surface area contributed by atoms with Gasteiger partial charge >= 0.3 is 0 Å². The molecule has 0 bridgehead atoms. The molecule has 1 aromatic carbocycles. The molecule has 7 heteroatoms. The van der Waals surface area contributed by atoms with Crippen molar-refractivity contribution in [2.75, 3.05) is 18.8 Å². The van der Waals surface area contributed by atoms with Crippen LogP contribution in [-0.2, 0) is 12.8 Å². The van der Waals surface area contributed by atoms with Crippen molar-refractivity contribution in [2.45, 2.75) is 38.0 Å². The molecule has 1 aliphatic carbocycles. The van der Waals surface area contributed by atoms with Crippen LogP contribution in [0.25, 0.3) is 11.1 Å². The minimum absolute atomic E-state index is 0.00213. The van der Waals surface area contributed by atoms with Gasteiger partial charge in [0, 0.05) is 23.9 Å². The zero-order valence-electron chi connectivity index (χ0n) is 14.4. The normalized spacial score (nSPS) is 19.8. The quantitative estimate of drug-likeness (QED) is 0.749. The fourth-order valence-corrected chi connectivity index (χ4v) is 5.34. The number of para-hydroxylation sites is 1. The van der Waals surface area contributed by atoms with E-state index in [-0.39, 0.29) is 11.9 Å². The van der Waals surface area contributed by atoms with Crippen LogP contribution in [0, 0.1) is 0 Å². The molecule has 6 nitrogen and oxygen atoms in total. The van der Waals surface area contributed by atoms with Gasteiger partial charge in [0.15, 0.2) is 5.58 Å². The standard InChI is InChI=1S/C19H20N4O2S/c20-19-22-16-12(5-1-7-14(16)25-19)18(24)23-9-3-4-11(10-23)17-21-13-6-2-8-15(13)26-17/h1,5,7,11H,2-4,6,8-10H2,(H2,20,22). The molecule has 0 saturated carbocycles. The number of benzene rings is 1. The number of aromatic nitrogens is 2. The summed E-state index contributed by atoms with van der Waals surface area (Å²) in [6.45, 7) is 1.49. The van der Waals surface area contributed by atoms with E-state index in [0.29, 0.717) is 22.6 Å². The van der Waals surface area contributed by atoms with Crippen molar-refractivity contribution in [3.05, 3.63) is 39.3 Å². The minimum Gasteiger partial charge on any atom is -0.424 e. The third kappa shape index (κ3) is 2.58. The first-order chi connectivity index (χ1) is 12.7. The average molecular weight is 368 g/mol. The number of oxazole rings is 1. The first-order valence-corrected chi connectivity index (χ1v) is 9.93. The topological polar surface area (TPSA) is 85.2 Å². The van der Waals surface area contributed by atoms with E-state index in [1.165, 1.54) is 22.0 Å². The van der Waals surface area contributed by atoms with Crippen molar-refractivity contribution in [1.82, 2.24) is 14.9 Å². The number of carbonyl (C=O) groups is 1. The van der Waals surface area contributed by atoms with Crippen LogP contribution in [0.15, 0.2) is 22.6 Å². The first-order valence-electron chi connectivity index (χ1n) is 9.12. The number of fused-ring (bicyclic) bond motifs is 2. The molecule has 3 aromatic rings. The summed E-state index contributed by atoms with van der Waals surface area (Å²) in [5, 5.41) is 1.20. The lowest BCUT2D eigenvalue weighted by Gasteiger charge is -2.32. The molecule has 2 aromatic heterocycles. The number of carbonyl (C=O) groups excluding carboxylic acids is 1. The lowest BCUT2D eigenvalue weighted by molar-refractivity contribution is 0.0709. The Balaban J connectivity index is 1.41. The third-order valence-corrected chi connectivity index (χ3v) is 6.66. The lowest BCUT2D eigenvalue weighted by atomic mass is 9.98. The van der Waals surface area contributed by atoms with E-state index >= 15 is 0 Å². The average Bonchev–Trinajstić information content (AvgIpc) is 3.34. The number of likely N-dealkylation sites (tertiary alicyclic amines) is 1. The summed E-state index contributed by atoms with van der Waals surface area (Å²) in [7, 11) is 0. The number of piperidine rings is 1. The molecule has 1 aliphatic heterocycles. The summed E-state index contributed by atoms with van der Waals surface area (Å²) in [6.07, 6.45) is 5.60. The zero-order valence-corrected chi connectivity index (χ0v) is 15.2. The summed E-state index contributed by atoms with van der Waals surface area (Å²) in [6, 6.07) is 5.49. The van der Waals surface area contributed by atoms with Crippen LogP contribution in [-0.4, -0.2) is 33.9 Å². The Kier molecular flexibility index (Phi) is 3.70. The first kappa shape index (κ1) is 15.8. The molecule has 3 heterocycles. The molecule has 1 amide bonds. The van der Waals surface area contributed by atoms with Crippen LogP contribution < -0.4 is 5.73 Å². The summed E-state index contributed by atoms with van der Waals surface area (Å²) in [4.78, 5) is 25.6. The van der Waals surface area contributed by atoms with Gasteiger partial charge in [0.2, 0.25) is 0 Å². The largest absolute Gasteiger partial charge is 0.424 e. The highest BCUT2D eigenvalue weighted by atomic mass is 32.1. The third-order valence-electron chi connectivity index (χ3n) is 5.34. The minimum atomic E-state index is -0.00213. The molecule has 26 heavy (non-hydrogen) atoms. The number of nitrogen functional groups attached to an aromatic ring is 1. The molecular formula is C19H20N4O2S. The summed E-state index contributed by atoms with van der Waals surface area (Å²) < 4.78 is 5.36. The fourth-order valence-electron chi connectivity index (χ4n) is 4.06. The lowest BCUT2D eigenvalue weighted by Crippen LogP contribution is -2.39. The van der Waals surface area contributed by atoms with Crippen molar-refractivity contribution in [3.63, 3.8) is 0 Å². The second-order valence-corrected chi connectivity index (χ2v) is 8.19. The molecule has 2 aliphatic rings. The van der Waals surface area contributed by atoms with E-state index in [2.05, 4.69) is 4.98 Å². The number of nitrogens with two attached hydrogens (primary N) is 1. The second-order valence-electron chi connectivity index (χ2n) is 7.07. The second kappa shape index (κ2) is 6.09. The van der Waals surface area contributed by atoms with Crippen molar-refractivity contribution in [2.24, 2.45) is 0 Å². The Bertz CT molecular complexity index is 971. The van der Waals surface area contributed by atoms with E-state index in [1.54, 1.807) is 12.1 Å². The molecule has 1 unspecified atom stereocenters. The Labute approximate surface area is 155 Å². The summed E-state index contributed by atoms with van der Waals surface area (Å²) in [5.74, 6) is 0.336. The number of hydrogen-bond acceptors (Lipinski definition) is 6. The highest BCUT2D eigenvalue weighted by molar-refractivity contribution is 7.11. The van der Waals surface area contributed by atoms with E-state index in [4.69, 9.17) is 15.1 Å². The molecule has 134 valence electrons. The maximum Gasteiger partial charge on any atom is 0.293 e. The monoisotopic (exact) mass is 368 g/mol. The van der Waals surface area contributed by atoms with Crippen molar-refractivity contribution >= 4 is 34.4 Å². The highest BCUT2D eigenvalue weighted by Gasteiger charge is 2.30. The Morgan fingerprint density at radius 3 is 3.08 bits per heavy atom. The highest BCUT2D eigenvalue weighted by Crippen LogP contribution is 2.35. The van der Waals surface area contributed by atoms with Gasteiger partial charge in [0.1, 0.15) is 5.52 Å². The number of nitrogens with zero attached hydrogens (tertiary/aromatic N) is 3. The molecule has 1 fully saturated rings. The molecular weight excluding hydrogens is 348 g/mol. The van der Waals surface area contributed by atoms with Gasteiger partial charge in [-0.2, -0.15) is 4.98 Å². The maximum absolute atomic E-state index is 13.1. The summed E-state index contributed by atoms with van der Waals surface area (Å²) >= 11 is 1.85. The van der Waals surface area contributed by atoms with E-state index in [9.17, 15) is 4.79 Å². The molecule has 5 rings (SSSR count). The van der Waals surface area contributed by atoms with Crippen LogP contribution >= 0.6 is 11.3 Å². The SMILES string of the molecule is Nc1nc2c(C(=O)N3CCCC(c4nc5c(s4)CCC5)C3)cccc2o1. The zero-order chi connectivity index (χ0) is 17.7. The van der Waals surface area contributed by atoms with Crippen molar-refractivity contribution in [1.29, 1.82) is 0 Å². The van der Waals surface area contributed by atoms with E-state index in [1.807, 2.05) is 22.3 Å². The number of rotatable bonds is 2. The van der Waals surface area contributed by atoms with Gasteiger partial charge < -0.3 is 15.1 Å². The van der Waals surface area contributed by atoms with E-state index in [0.717, 1.165) is 38.8 Å². The van der Waals surface area contributed by atoms with Gasteiger partial charge in [-0.1, -0.05) is 6.07 Å². The van der Waals surface area contributed by atoms with Crippen LogP contribution in [0.4, 0.5) is 6.01 Å². The van der Waals surface area contributed by atoms with Gasteiger partial charge in [-0.15, -0.1) is 11.3 Å². The molecule has 2 N–H and O–H groups in total. The van der Waals surface area contributed by atoms with Crippen LogP contribution in [0.1, 0.15) is 51.1 Å². The van der Waals surface area contributed by atoms with Gasteiger partial charge in [0.25, 0.3) is 11.9 Å². The number of aryl methyl sites for hydroxylation is 2. The predicted octanol–water partition coefficient (Wildman–Crippen LogP) is 3.38. The fraction of sp³-hybridized carbons (Fsp3) is 0.421. The van der Waals surface area contributed by atoms with Gasteiger partial charge in [-0.25, -0.2) is 4.98 Å².